The molecule has 1 aromatic carbocycles. The topological polar surface area (TPSA) is 101 Å². The van der Waals surface area contributed by atoms with Gasteiger partial charge in [0.05, 0.1) is 16.3 Å². The third-order valence-electron chi connectivity index (χ3n) is 2.19. The number of nitrogens with zero attached hydrogens (tertiary/aromatic N) is 2. The molecule has 0 bridgehead atoms. The quantitative estimate of drug-likeness (QED) is 0.665. The molecule has 0 unspecified atom stereocenters. The van der Waals surface area contributed by atoms with Gasteiger partial charge in [-0.15, -0.1) is 0 Å². The van der Waals surface area contributed by atoms with Crippen LogP contribution in [-0.4, -0.2) is 14.9 Å². The van der Waals surface area contributed by atoms with Gasteiger partial charge in [0.1, 0.15) is 5.82 Å². The monoisotopic (exact) mass is 284 g/mol. The molecular formula is C10H6ClFN4O3. The first-order chi connectivity index (χ1) is 8.99. The minimum absolute atomic E-state index is 0.155. The molecule has 19 heavy (non-hydrogen) atoms. The van der Waals surface area contributed by atoms with Gasteiger partial charge >= 0.3 is 11.2 Å². The lowest BCUT2D eigenvalue weighted by Crippen LogP contribution is -2.14. The van der Waals surface area contributed by atoms with Crippen LogP contribution in [0.1, 0.15) is 0 Å². The van der Waals surface area contributed by atoms with Crippen LogP contribution in [0.3, 0.4) is 0 Å². The van der Waals surface area contributed by atoms with E-state index in [1.54, 1.807) is 0 Å². The summed E-state index contributed by atoms with van der Waals surface area (Å²) in [4.78, 5) is 27.0. The molecule has 7 nitrogen and oxygen atoms in total. The summed E-state index contributed by atoms with van der Waals surface area (Å²) in [5, 5.41) is 13.2. The van der Waals surface area contributed by atoms with Crippen molar-refractivity contribution >= 4 is 28.8 Å². The molecule has 0 aliphatic carbocycles. The average Bonchev–Trinajstić information content (AvgIpc) is 2.33. The van der Waals surface area contributed by atoms with E-state index in [0.29, 0.717) is 0 Å². The normalized spacial score (nSPS) is 10.2. The predicted octanol–water partition coefficient (Wildman–Crippen LogP) is 2.21. The number of benzene rings is 1. The highest BCUT2D eigenvalue weighted by Gasteiger charge is 2.20. The summed E-state index contributed by atoms with van der Waals surface area (Å²) in [6, 6.07) is 3.63. The van der Waals surface area contributed by atoms with Crippen molar-refractivity contribution in [3.8, 4) is 0 Å². The number of hydrogen-bond acceptors (Lipinski definition) is 5. The maximum atomic E-state index is 13.0. The smallest absolute Gasteiger partial charge is 0.334 e. The molecule has 0 atom stereocenters. The number of nitro groups is 1. The summed E-state index contributed by atoms with van der Waals surface area (Å²) < 4.78 is 13.0. The Bertz CT molecular complexity index is 703. The largest absolute Gasteiger partial charge is 0.376 e. The van der Waals surface area contributed by atoms with Gasteiger partial charge in [-0.1, -0.05) is 11.6 Å². The van der Waals surface area contributed by atoms with Crippen LogP contribution in [-0.2, 0) is 0 Å². The van der Waals surface area contributed by atoms with E-state index in [-0.39, 0.29) is 16.5 Å². The third kappa shape index (κ3) is 2.68. The summed E-state index contributed by atoms with van der Waals surface area (Å²) in [5.74, 6) is -0.878. The van der Waals surface area contributed by atoms with E-state index in [1.165, 1.54) is 12.1 Å². The first kappa shape index (κ1) is 13.0. The number of anilines is 2. The van der Waals surface area contributed by atoms with E-state index in [4.69, 9.17) is 11.6 Å². The first-order valence-corrected chi connectivity index (χ1v) is 5.31. The van der Waals surface area contributed by atoms with E-state index in [0.717, 1.165) is 12.4 Å². The lowest BCUT2D eigenvalue weighted by Gasteiger charge is -2.05. The molecule has 1 aromatic heterocycles. The van der Waals surface area contributed by atoms with Crippen molar-refractivity contribution in [2.24, 2.45) is 0 Å². The molecule has 2 rings (SSSR count). The Labute approximate surface area is 110 Å². The van der Waals surface area contributed by atoms with Crippen LogP contribution in [0.15, 0.2) is 29.3 Å². The van der Waals surface area contributed by atoms with Crippen molar-refractivity contribution in [3.63, 3.8) is 0 Å². The van der Waals surface area contributed by atoms with Gasteiger partial charge in [0.25, 0.3) is 0 Å². The fraction of sp³-hybridized carbons (Fsp3) is 0. The SMILES string of the molecule is O=c1[nH]cnc(Nc2ccc(F)c(Cl)c2)c1[N+](=O)[O-]. The summed E-state index contributed by atoms with van der Waals surface area (Å²) in [7, 11) is 0. The van der Waals surface area contributed by atoms with Crippen molar-refractivity contribution in [1.82, 2.24) is 9.97 Å². The average molecular weight is 285 g/mol. The zero-order valence-corrected chi connectivity index (χ0v) is 9.94. The molecule has 2 N–H and O–H groups in total. The van der Waals surface area contributed by atoms with Crippen LogP contribution in [0.5, 0.6) is 0 Å². The Morgan fingerprint density at radius 1 is 1.47 bits per heavy atom. The Kier molecular flexibility index (Phi) is 3.43. The van der Waals surface area contributed by atoms with Gasteiger partial charge in [-0.3, -0.25) is 14.9 Å². The van der Waals surface area contributed by atoms with Gasteiger partial charge in [-0.2, -0.15) is 0 Å². The molecule has 98 valence electrons. The number of hydrogen-bond donors (Lipinski definition) is 2. The van der Waals surface area contributed by atoms with Gasteiger partial charge in [-0.05, 0) is 18.2 Å². The maximum Gasteiger partial charge on any atom is 0.376 e. The van der Waals surface area contributed by atoms with E-state index in [9.17, 15) is 19.3 Å². The van der Waals surface area contributed by atoms with Crippen molar-refractivity contribution in [3.05, 3.63) is 55.8 Å². The van der Waals surface area contributed by atoms with Crippen molar-refractivity contribution in [1.29, 1.82) is 0 Å². The Morgan fingerprint density at radius 3 is 2.84 bits per heavy atom. The van der Waals surface area contributed by atoms with E-state index in [2.05, 4.69) is 15.3 Å². The van der Waals surface area contributed by atoms with Crippen LogP contribution in [0.25, 0.3) is 0 Å². The zero-order valence-electron chi connectivity index (χ0n) is 9.18. The standard InChI is InChI=1S/C10H6ClFN4O3/c11-6-3-5(1-2-7(6)12)15-9-8(16(18)19)10(17)14-4-13-9/h1-4H,(H2,13,14,15,17). The molecule has 0 amide bonds. The predicted molar refractivity (Wildman–Crippen MR) is 66.2 cm³/mol. The van der Waals surface area contributed by atoms with Gasteiger partial charge in [0, 0.05) is 5.69 Å². The number of aromatic nitrogens is 2. The number of halogens is 2. The van der Waals surface area contributed by atoms with Crippen LogP contribution in [0, 0.1) is 15.9 Å². The Balaban J connectivity index is 2.43. The second-order valence-electron chi connectivity index (χ2n) is 3.44. The molecule has 0 aliphatic heterocycles. The van der Waals surface area contributed by atoms with E-state index < -0.39 is 22.0 Å². The molecule has 0 spiro atoms. The minimum atomic E-state index is -0.893. The lowest BCUT2D eigenvalue weighted by molar-refractivity contribution is -0.385. The van der Waals surface area contributed by atoms with Crippen LogP contribution in [0.4, 0.5) is 21.6 Å². The van der Waals surface area contributed by atoms with Gasteiger partial charge in [0.15, 0.2) is 0 Å². The second kappa shape index (κ2) is 5.02. The van der Waals surface area contributed by atoms with Gasteiger partial charge < -0.3 is 10.3 Å². The highest BCUT2D eigenvalue weighted by atomic mass is 35.5. The summed E-state index contributed by atoms with van der Waals surface area (Å²) in [6.45, 7) is 0. The van der Waals surface area contributed by atoms with Crippen LogP contribution < -0.4 is 10.9 Å². The number of rotatable bonds is 3. The molecule has 0 fully saturated rings. The highest BCUT2D eigenvalue weighted by Crippen LogP contribution is 2.24. The fourth-order valence-corrected chi connectivity index (χ4v) is 1.54. The molecule has 9 heteroatoms. The second-order valence-corrected chi connectivity index (χ2v) is 3.85. The highest BCUT2D eigenvalue weighted by molar-refractivity contribution is 6.31. The first-order valence-electron chi connectivity index (χ1n) is 4.93. The van der Waals surface area contributed by atoms with Crippen LogP contribution >= 0.6 is 11.6 Å². The molecular weight excluding hydrogens is 279 g/mol. The summed E-state index contributed by atoms with van der Waals surface area (Å²) in [6.07, 6.45) is 1.02. The minimum Gasteiger partial charge on any atom is -0.334 e. The Hall–Kier alpha value is -2.48. The number of aromatic amines is 1. The number of H-pyrrole nitrogens is 1. The molecule has 2 aromatic rings. The van der Waals surface area contributed by atoms with E-state index >= 15 is 0 Å². The van der Waals surface area contributed by atoms with Crippen molar-refractivity contribution in [2.75, 3.05) is 5.32 Å². The van der Waals surface area contributed by atoms with Crippen molar-refractivity contribution in [2.45, 2.75) is 0 Å². The van der Waals surface area contributed by atoms with Gasteiger partial charge in [0.2, 0.25) is 5.82 Å². The molecule has 0 saturated heterocycles. The zero-order chi connectivity index (χ0) is 14.0. The molecule has 0 aliphatic rings. The van der Waals surface area contributed by atoms with Gasteiger partial charge in [-0.25, -0.2) is 9.37 Å². The molecule has 1 heterocycles. The third-order valence-corrected chi connectivity index (χ3v) is 2.48. The van der Waals surface area contributed by atoms with Crippen molar-refractivity contribution < 1.29 is 9.31 Å². The summed E-state index contributed by atoms with van der Waals surface area (Å²) >= 11 is 5.58. The van der Waals surface area contributed by atoms with E-state index in [1.807, 2.05) is 0 Å². The Morgan fingerprint density at radius 2 is 2.21 bits per heavy atom. The van der Waals surface area contributed by atoms with Crippen LogP contribution in [0.2, 0.25) is 5.02 Å². The maximum absolute atomic E-state index is 13.0. The molecule has 0 radical (unpaired) electrons. The number of nitrogens with one attached hydrogen (secondary N) is 2. The lowest BCUT2D eigenvalue weighted by atomic mass is 10.3. The fourth-order valence-electron chi connectivity index (χ4n) is 1.36. The summed E-state index contributed by atoms with van der Waals surface area (Å²) in [5.41, 5.74) is -1.36. The molecule has 0 saturated carbocycles.